The van der Waals surface area contributed by atoms with E-state index in [1.54, 1.807) is 30.3 Å². The average Bonchev–Trinajstić information content (AvgIpc) is 3.15. The summed E-state index contributed by atoms with van der Waals surface area (Å²) >= 11 is 0. The van der Waals surface area contributed by atoms with E-state index in [0.717, 1.165) is 17.0 Å². The van der Waals surface area contributed by atoms with Gasteiger partial charge in [0.1, 0.15) is 11.4 Å². The molecule has 0 aliphatic rings. The molecule has 1 N–H and O–H groups in total. The molecule has 0 aromatic carbocycles. The summed E-state index contributed by atoms with van der Waals surface area (Å²) in [5.74, 6) is 0.513. The summed E-state index contributed by atoms with van der Waals surface area (Å²) in [7, 11) is 1.75. The number of nitrogens with one attached hydrogen (secondary N) is 1. The monoisotopic (exact) mass is 296 g/mol. The summed E-state index contributed by atoms with van der Waals surface area (Å²) in [6.45, 7) is 2.22. The van der Waals surface area contributed by atoms with Crippen molar-refractivity contribution in [2.75, 3.05) is 0 Å². The smallest absolute Gasteiger partial charge is 0.269 e. The lowest BCUT2D eigenvalue weighted by molar-refractivity contribution is 0.0941. The SMILES string of the molecule is Cc1cc(C(=O)NCc2cccnc2-c2ccco2)n(C)n1. The highest BCUT2D eigenvalue weighted by Crippen LogP contribution is 2.21. The van der Waals surface area contributed by atoms with Gasteiger partial charge in [0.2, 0.25) is 0 Å². The number of pyridine rings is 1. The molecule has 0 unspecified atom stereocenters. The quantitative estimate of drug-likeness (QED) is 0.802. The summed E-state index contributed by atoms with van der Waals surface area (Å²) in [4.78, 5) is 16.6. The Morgan fingerprint density at radius 1 is 1.36 bits per heavy atom. The molecular weight excluding hydrogens is 280 g/mol. The van der Waals surface area contributed by atoms with Crippen molar-refractivity contribution < 1.29 is 9.21 Å². The Kier molecular flexibility index (Phi) is 3.74. The molecule has 1 amide bonds. The highest BCUT2D eigenvalue weighted by atomic mass is 16.3. The largest absolute Gasteiger partial charge is 0.463 e. The number of amides is 1. The topological polar surface area (TPSA) is 73.0 Å². The minimum absolute atomic E-state index is 0.169. The van der Waals surface area contributed by atoms with Crippen LogP contribution in [-0.2, 0) is 13.6 Å². The van der Waals surface area contributed by atoms with E-state index in [9.17, 15) is 4.79 Å². The van der Waals surface area contributed by atoms with E-state index in [1.807, 2.05) is 31.2 Å². The molecular formula is C16H16N4O2. The number of rotatable bonds is 4. The van der Waals surface area contributed by atoms with E-state index in [-0.39, 0.29) is 5.91 Å². The van der Waals surface area contributed by atoms with Crippen molar-refractivity contribution in [1.82, 2.24) is 20.1 Å². The molecule has 0 saturated heterocycles. The number of hydrogen-bond donors (Lipinski definition) is 1. The molecule has 3 rings (SSSR count). The first kappa shape index (κ1) is 14.1. The molecule has 0 spiro atoms. The Morgan fingerprint density at radius 3 is 2.91 bits per heavy atom. The lowest BCUT2D eigenvalue weighted by Crippen LogP contribution is -2.25. The molecule has 0 atom stereocenters. The molecule has 0 saturated carbocycles. The Bertz CT molecular complexity index is 790. The first-order valence-corrected chi connectivity index (χ1v) is 6.92. The predicted molar refractivity (Wildman–Crippen MR) is 81.1 cm³/mol. The van der Waals surface area contributed by atoms with Gasteiger partial charge in [-0.1, -0.05) is 6.07 Å². The van der Waals surface area contributed by atoms with E-state index in [1.165, 1.54) is 0 Å². The van der Waals surface area contributed by atoms with E-state index < -0.39 is 0 Å². The van der Waals surface area contributed by atoms with Crippen LogP contribution in [0, 0.1) is 6.92 Å². The maximum atomic E-state index is 12.2. The van der Waals surface area contributed by atoms with E-state index in [2.05, 4.69) is 15.4 Å². The molecule has 3 aromatic heterocycles. The van der Waals surface area contributed by atoms with Crippen LogP contribution >= 0.6 is 0 Å². The van der Waals surface area contributed by atoms with Gasteiger partial charge in [0.05, 0.1) is 12.0 Å². The average molecular weight is 296 g/mol. The van der Waals surface area contributed by atoms with Gasteiger partial charge in [-0.05, 0) is 31.2 Å². The molecule has 0 radical (unpaired) electrons. The normalized spacial score (nSPS) is 10.6. The van der Waals surface area contributed by atoms with E-state index in [4.69, 9.17) is 4.42 Å². The van der Waals surface area contributed by atoms with Crippen molar-refractivity contribution >= 4 is 5.91 Å². The fourth-order valence-corrected chi connectivity index (χ4v) is 2.31. The molecule has 22 heavy (non-hydrogen) atoms. The van der Waals surface area contributed by atoms with E-state index >= 15 is 0 Å². The third kappa shape index (κ3) is 2.76. The Hall–Kier alpha value is -2.89. The van der Waals surface area contributed by atoms with Crippen molar-refractivity contribution in [3.63, 3.8) is 0 Å². The highest BCUT2D eigenvalue weighted by molar-refractivity contribution is 5.92. The Labute approximate surface area is 127 Å². The van der Waals surface area contributed by atoms with Gasteiger partial charge in [0, 0.05) is 25.4 Å². The summed E-state index contributed by atoms with van der Waals surface area (Å²) in [6.07, 6.45) is 3.30. The minimum Gasteiger partial charge on any atom is -0.463 e. The van der Waals surface area contributed by atoms with Crippen molar-refractivity contribution in [3.8, 4) is 11.5 Å². The zero-order chi connectivity index (χ0) is 15.5. The predicted octanol–water partition coefficient (Wildman–Crippen LogP) is 2.31. The number of hydrogen-bond acceptors (Lipinski definition) is 4. The second kappa shape index (κ2) is 5.85. The Balaban J connectivity index is 1.77. The summed E-state index contributed by atoms with van der Waals surface area (Å²) in [5, 5.41) is 7.06. The van der Waals surface area contributed by atoms with Gasteiger partial charge in [-0.15, -0.1) is 0 Å². The number of aromatic nitrogens is 3. The molecule has 0 fully saturated rings. The van der Waals surface area contributed by atoms with Gasteiger partial charge in [-0.3, -0.25) is 14.5 Å². The summed E-state index contributed by atoms with van der Waals surface area (Å²) in [5.41, 5.74) is 2.96. The van der Waals surface area contributed by atoms with Gasteiger partial charge >= 0.3 is 0 Å². The van der Waals surface area contributed by atoms with Crippen LogP contribution in [-0.4, -0.2) is 20.7 Å². The third-order valence-corrected chi connectivity index (χ3v) is 3.32. The van der Waals surface area contributed by atoms with Crippen LogP contribution in [0.4, 0.5) is 0 Å². The first-order valence-electron chi connectivity index (χ1n) is 6.92. The fraction of sp³-hybridized carbons (Fsp3) is 0.188. The van der Waals surface area contributed by atoms with Crippen LogP contribution in [0.1, 0.15) is 21.7 Å². The molecule has 0 aliphatic heterocycles. The maximum Gasteiger partial charge on any atom is 0.269 e. The standard InChI is InChI=1S/C16H16N4O2/c1-11-9-13(20(2)19-11)16(21)18-10-12-5-3-7-17-15(12)14-6-4-8-22-14/h3-9H,10H2,1-2H3,(H,18,21). The zero-order valence-electron chi connectivity index (χ0n) is 12.4. The number of carbonyl (C=O) groups is 1. The zero-order valence-corrected chi connectivity index (χ0v) is 12.4. The second-order valence-corrected chi connectivity index (χ2v) is 4.97. The maximum absolute atomic E-state index is 12.2. The third-order valence-electron chi connectivity index (χ3n) is 3.32. The van der Waals surface area contributed by atoms with E-state index in [0.29, 0.717) is 18.0 Å². The van der Waals surface area contributed by atoms with Gasteiger partial charge < -0.3 is 9.73 Å². The first-order chi connectivity index (χ1) is 10.6. The second-order valence-electron chi connectivity index (χ2n) is 4.97. The van der Waals surface area contributed by atoms with Crippen molar-refractivity contribution in [3.05, 3.63) is 59.7 Å². The molecule has 0 aliphatic carbocycles. The summed E-state index contributed by atoms with van der Waals surface area (Å²) < 4.78 is 6.96. The highest BCUT2D eigenvalue weighted by Gasteiger charge is 2.13. The van der Waals surface area contributed by atoms with Crippen molar-refractivity contribution in [2.45, 2.75) is 13.5 Å². The number of furan rings is 1. The number of aryl methyl sites for hydroxylation is 2. The van der Waals surface area contributed by atoms with Crippen LogP contribution in [0.25, 0.3) is 11.5 Å². The van der Waals surface area contributed by atoms with Gasteiger partial charge in [0.25, 0.3) is 5.91 Å². The van der Waals surface area contributed by atoms with Crippen LogP contribution in [0.5, 0.6) is 0 Å². The van der Waals surface area contributed by atoms with Crippen LogP contribution in [0.15, 0.2) is 47.2 Å². The lowest BCUT2D eigenvalue weighted by Gasteiger charge is -2.08. The molecule has 6 heteroatoms. The Morgan fingerprint density at radius 2 is 2.23 bits per heavy atom. The summed E-state index contributed by atoms with van der Waals surface area (Å²) in [6, 6.07) is 9.16. The number of nitrogens with zero attached hydrogens (tertiary/aromatic N) is 3. The molecule has 112 valence electrons. The van der Waals surface area contributed by atoms with Crippen LogP contribution in [0.3, 0.4) is 0 Å². The van der Waals surface area contributed by atoms with Gasteiger partial charge in [-0.2, -0.15) is 5.10 Å². The molecule has 6 nitrogen and oxygen atoms in total. The molecule has 3 heterocycles. The lowest BCUT2D eigenvalue weighted by atomic mass is 10.1. The van der Waals surface area contributed by atoms with Crippen molar-refractivity contribution in [2.24, 2.45) is 7.05 Å². The minimum atomic E-state index is -0.169. The van der Waals surface area contributed by atoms with Gasteiger partial charge in [0.15, 0.2) is 5.76 Å². The fourth-order valence-electron chi connectivity index (χ4n) is 2.31. The number of carbonyl (C=O) groups excluding carboxylic acids is 1. The van der Waals surface area contributed by atoms with Gasteiger partial charge in [-0.25, -0.2) is 0 Å². The molecule has 3 aromatic rings. The van der Waals surface area contributed by atoms with Crippen LogP contribution in [0.2, 0.25) is 0 Å². The molecule has 0 bridgehead atoms. The van der Waals surface area contributed by atoms with Crippen molar-refractivity contribution in [1.29, 1.82) is 0 Å². The van der Waals surface area contributed by atoms with Crippen LogP contribution < -0.4 is 5.32 Å².